The molecule has 0 heterocycles. The molecule has 0 unspecified atom stereocenters. The minimum absolute atomic E-state index is 0.0769. The first-order chi connectivity index (χ1) is 10.7. The molecule has 23 heavy (non-hydrogen) atoms. The van der Waals surface area contributed by atoms with Gasteiger partial charge in [-0.2, -0.15) is 13.2 Å². The van der Waals surface area contributed by atoms with Crippen LogP contribution < -0.4 is 10.1 Å². The molecule has 0 bridgehead atoms. The normalized spacial score (nSPS) is 11.2. The second-order valence-electron chi connectivity index (χ2n) is 4.25. The van der Waals surface area contributed by atoms with E-state index in [2.05, 4.69) is 21.2 Å². The third-order valence-electron chi connectivity index (χ3n) is 2.71. The molecule has 2 aromatic carbocycles. The highest BCUT2D eigenvalue weighted by atomic mass is 79.9. The summed E-state index contributed by atoms with van der Waals surface area (Å²) in [5, 5.41) is 2.25. The lowest BCUT2D eigenvalue weighted by atomic mass is 10.2. The van der Waals surface area contributed by atoms with Gasteiger partial charge in [-0.3, -0.25) is 4.79 Å². The maximum Gasteiger partial charge on any atom is 0.416 e. The van der Waals surface area contributed by atoms with Crippen molar-refractivity contribution in [3.05, 3.63) is 52.0 Å². The van der Waals surface area contributed by atoms with Crippen LogP contribution in [0.2, 0.25) is 0 Å². The highest BCUT2D eigenvalue weighted by Crippen LogP contribution is 2.40. The zero-order chi connectivity index (χ0) is 17.2. The van der Waals surface area contributed by atoms with Crippen molar-refractivity contribution in [2.75, 3.05) is 5.32 Å². The predicted octanol–water partition coefficient (Wildman–Crippen LogP) is 5.11. The molecule has 1 amide bonds. The topological polar surface area (TPSA) is 38.3 Å². The smallest absolute Gasteiger partial charge is 0.416 e. The van der Waals surface area contributed by atoms with Crippen LogP contribution in [0.1, 0.15) is 5.56 Å². The number of amides is 1. The summed E-state index contributed by atoms with van der Waals surface area (Å²) in [5.74, 6) is -4.22. The second kappa shape index (κ2) is 6.53. The first kappa shape index (κ1) is 17.2. The average molecular weight is 396 g/mol. The van der Waals surface area contributed by atoms with Crippen molar-refractivity contribution in [1.82, 2.24) is 0 Å². The molecule has 9 heteroatoms. The van der Waals surface area contributed by atoms with E-state index in [4.69, 9.17) is 4.74 Å². The van der Waals surface area contributed by atoms with Crippen LogP contribution in [0.4, 0.5) is 27.6 Å². The van der Waals surface area contributed by atoms with Gasteiger partial charge in [-0.25, -0.2) is 8.78 Å². The van der Waals surface area contributed by atoms with Gasteiger partial charge in [0.15, 0.2) is 23.1 Å². The van der Waals surface area contributed by atoms with E-state index in [0.717, 1.165) is 0 Å². The molecule has 0 saturated carbocycles. The molecule has 0 atom stereocenters. The number of anilines is 1. The molecule has 0 saturated heterocycles. The first-order valence-corrected chi connectivity index (χ1v) is 6.76. The molecule has 0 aliphatic heterocycles. The summed E-state index contributed by atoms with van der Waals surface area (Å²) in [5.41, 5.74) is -1.40. The van der Waals surface area contributed by atoms with Gasteiger partial charge < -0.3 is 10.1 Å². The molecule has 2 aromatic rings. The molecular weight excluding hydrogens is 389 g/mol. The first-order valence-electron chi connectivity index (χ1n) is 5.97. The average Bonchev–Trinajstić information content (AvgIpc) is 2.44. The van der Waals surface area contributed by atoms with Gasteiger partial charge in [-0.15, -0.1) is 0 Å². The van der Waals surface area contributed by atoms with E-state index in [-0.39, 0.29) is 28.0 Å². The van der Waals surface area contributed by atoms with Crippen molar-refractivity contribution in [2.45, 2.75) is 6.18 Å². The third kappa shape index (κ3) is 3.79. The summed E-state index contributed by atoms with van der Waals surface area (Å²) in [6.45, 7) is 0. The van der Waals surface area contributed by atoms with Gasteiger partial charge >= 0.3 is 6.18 Å². The molecule has 122 valence electrons. The van der Waals surface area contributed by atoms with Crippen LogP contribution >= 0.6 is 15.9 Å². The molecule has 1 N–H and O–H groups in total. The Morgan fingerprint density at radius 3 is 2.22 bits per heavy atom. The van der Waals surface area contributed by atoms with Crippen LogP contribution in [0.25, 0.3) is 0 Å². The summed E-state index contributed by atoms with van der Waals surface area (Å²) in [6.07, 6.45) is -4.58. The second-order valence-corrected chi connectivity index (χ2v) is 5.10. The van der Waals surface area contributed by atoms with Crippen molar-refractivity contribution >= 4 is 28.0 Å². The molecule has 0 fully saturated rings. The fourth-order valence-electron chi connectivity index (χ4n) is 1.71. The van der Waals surface area contributed by atoms with Crippen LogP contribution in [0.15, 0.2) is 34.8 Å². The van der Waals surface area contributed by atoms with E-state index < -0.39 is 29.1 Å². The number of hydrogen-bond donors (Lipinski definition) is 1. The summed E-state index contributed by atoms with van der Waals surface area (Å²) < 4.78 is 70.4. The third-order valence-corrected chi connectivity index (χ3v) is 3.34. The number of benzene rings is 2. The van der Waals surface area contributed by atoms with Crippen molar-refractivity contribution in [3.63, 3.8) is 0 Å². The lowest BCUT2D eigenvalue weighted by Crippen LogP contribution is -2.07. The summed E-state index contributed by atoms with van der Waals surface area (Å²) >= 11 is 3.06. The fraction of sp³-hybridized carbons (Fsp3) is 0.0714. The SMILES string of the molecule is O=CNc1cccc(Br)c1Oc1c(F)cc(C(F)(F)F)cc1F. The van der Waals surface area contributed by atoms with Crippen LogP contribution in [-0.4, -0.2) is 6.41 Å². The molecular formula is C14H7BrF5NO2. The predicted molar refractivity (Wildman–Crippen MR) is 75.3 cm³/mol. The summed E-state index contributed by atoms with van der Waals surface area (Å²) in [7, 11) is 0. The Bertz CT molecular complexity index is 725. The minimum atomic E-state index is -4.89. The Hall–Kier alpha value is -2.16. The number of rotatable bonds is 4. The number of hydrogen-bond acceptors (Lipinski definition) is 2. The fourth-order valence-corrected chi connectivity index (χ4v) is 2.16. The Balaban J connectivity index is 2.48. The van der Waals surface area contributed by atoms with Gasteiger partial charge in [-0.05, 0) is 40.2 Å². The van der Waals surface area contributed by atoms with E-state index >= 15 is 0 Å². The number of carbonyl (C=O) groups excluding carboxylic acids is 1. The number of nitrogens with one attached hydrogen (secondary N) is 1. The van der Waals surface area contributed by atoms with Crippen molar-refractivity contribution < 1.29 is 31.5 Å². The van der Waals surface area contributed by atoms with Crippen LogP contribution in [0.3, 0.4) is 0 Å². The Labute approximate surface area is 135 Å². The number of para-hydroxylation sites is 1. The highest BCUT2D eigenvalue weighted by molar-refractivity contribution is 9.10. The number of carbonyl (C=O) groups is 1. The van der Waals surface area contributed by atoms with Gasteiger partial charge in [-0.1, -0.05) is 6.07 Å². The van der Waals surface area contributed by atoms with Gasteiger partial charge in [0.1, 0.15) is 0 Å². The van der Waals surface area contributed by atoms with Crippen LogP contribution in [-0.2, 0) is 11.0 Å². The maximum absolute atomic E-state index is 13.8. The zero-order valence-electron chi connectivity index (χ0n) is 11.0. The van der Waals surface area contributed by atoms with Gasteiger partial charge in [0.05, 0.1) is 15.7 Å². The Morgan fingerprint density at radius 2 is 1.70 bits per heavy atom. The largest absolute Gasteiger partial charge is 0.448 e. The van der Waals surface area contributed by atoms with Crippen molar-refractivity contribution in [1.29, 1.82) is 0 Å². The molecule has 0 aliphatic carbocycles. The van der Waals surface area contributed by atoms with E-state index in [1.165, 1.54) is 18.2 Å². The van der Waals surface area contributed by atoms with Gasteiger partial charge in [0.25, 0.3) is 0 Å². The van der Waals surface area contributed by atoms with E-state index in [1.54, 1.807) is 0 Å². The number of alkyl halides is 3. The molecule has 0 spiro atoms. The van der Waals surface area contributed by atoms with Crippen LogP contribution in [0, 0.1) is 11.6 Å². The summed E-state index contributed by atoms with van der Waals surface area (Å²) in [4.78, 5) is 10.5. The zero-order valence-corrected chi connectivity index (χ0v) is 12.6. The highest BCUT2D eigenvalue weighted by Gasteiger charge is 2.33. The summed E-state index contributed by atoms with van der Waals surface area (Å²) in [6, 6.07) is 4.62. The molecule has 3 nitrogen and oxygen atoms in total. The molecule has 0 radical (unpaired) electrons. The molecule has 0 aromatic heterocycles. The quantitative estimate of drug-likeness (QED) is 0.577. The van der Waals surface area contributed by atoms with Gasteiger partial charge in [0, 0.05) is 0 Å². The monoisotopic (exact) mass is 395 g/mol. The van der Waals surface area contributed by atoms with Crippen molar-refractivity contribution in [3.8, 4) is 11.5 Å². The Kier molecular flexibility index (Phi) is 4.88. The van der Waals surface area contributed by atoms with Gasteiger partial charge in [0.2, 0.25) is 6.41 Å². The van der Waals surface area contributed by atoms with Crippen LogP contribution in [0.5, 0.6) is 11.5 Å². The van der Waals surface area contributed by atoms with E-state index in [0.29, 0.717) is 6.41 Å². The standard InChI is InChI=1S/C14H7BrF5NO2/c15-8-2-1-3-11(21-6-22)12(8)23-13-9(16)4-7(5-10(13)17)14(18,19)20/h1-6H,(H,21,22). The maximum atomic E-state index is 13.8. The minimum Gasteiger partial charge on any atom is -0.448 e. The number of ether oxygens (including phenoxy) is 1. The lowest BCUT2D eigenvalue weighted by molar-refractivity contribution is -0.138. The van der Waals surface area contributed by atoms with Crippen molar-refractivity contribution in [2.24, 2.45) is 0 Å². The lowest BCUT2D eigenvalue weighted by Gasteiger charge is -2.14. The molecule has 2 rings (SSSR count). The number of halogens is 6. The van der Waals surface area contributed by atoms with E-state index in [1.807, 2.05) is 0 Å². The van der Waals surface area contributed by atoms with E-state index in [9.17, 15) is 26.7 Å². The molecule has 0 aliphatic rings. The Morgan fingerprint density at radius 1 is 1.09 bits per heavy atom.